The third-order valence-corrected chi connectivity index (χ3v) is 6.55. The Labute approximate surface area is 174 Å². The zero-order valence-electron chi connectivity index (χ0n) is 16.8. The lowest BCUT2D eigenvalue weighted by molar-refractivity contribution is 0.120. The molecule has 9 heteroatoms. The van der Waals surface area contributed by atoms with Crippen molar-refractivity contribution in [2.75, 3.05) is 15.5 Å². The number of anilines is 3. The summed E-state index contributed by atoms with van der Waals surface area (Å²) in [5.74, 6) is 0.730. The zero-order chi connectivity index (χ0) is 20.7. The highest BCUT2D eigenvalue weighted by Gasteiger charge is 2.39. The molecule has 0 aromatic carbocycles. The first-order chi connectivity index (χ1) is 14.6. The van der Waals surface area contributed by atoms with Crippen molar-refractivity contribution in [3.05, 3.63) is 29.9 Å². The molecule has 2 fully saturated rings. The first-order valence-corrected chi connectivity index (χ1v) is 10.9. The molecule has 0 spiro atoms. The van der Waals surface area contributed by atoms with Crippen LogP contribution in [0.3, 0.4) is 0 Å². The highest BCUT2D eigenvalue weighted by Crippen LogP contribution is 2.38. The number of hydrogen-bond donors (Lipinski definition) is 4. The number of aliphatic hydroxyl groups is 1. The van der Waals surface area contributed by atoms with E-state index in [1.807, 2.05) is 0 Å². The molecule has 1 aliphatic heterocycles. The molecule has 3 aliphatic carbocycles. The smallest absolute Gasteiger partial charge is 0.224 e. The minimum atomic E-state index is -1.41. The Kier molecular flexibility index (Phi) is 5.22. The van der Waals surface area contributed by atoms with Gasteiger partial charge in [-0.15, -0.1) is 0 Å². The van der Waals surface area contributed by atoms with Crippen LogP contribution >= 0.6 is 0 Å². The molecule has 1 aromatic rings. The number of fused-ring (bicyclic) bond motifs is 1. The van der Waals surface area contributed by atoms with Gasteiger partial charge < -0.3 is 26.0 Å². The van der Waals surface area contributed by atoms with Crippen molar-refractivity contribution in [2.24, 2.45) is 0 Å². The fraction of sp³-hybridized carbons (Fsp3) is 0.619. The number of alkyl halides is 1. The second kappa shape index (κ2) is 8.02. The monoisotopic (exact) mass is 418 g/mol. The molecular formula is C21H28F2N6O. The highest BCUT2D eigenvalue weighted by molar-refractivity contribution is 5.73. The van der Waals surface area contributed by atoms with Crippen molar-refractivity contribution in [2.45, 2.75) is 82.0 Å². The van der Waals surface area contributed by atoms with E-state index in [1.165, 1.54) is 18.6 Å². The number of halogens is 2. The van der Waals surface area contributed by atoms with Crippen LogP contribution in [0.15, 0.2) is 29.9 Å². The number of allylic oxidation sites excluding steroid dienone is 4. The van der Waals surface area contributed by atoms with Crippen LogP contribution in [0.25, 0.3) is 0 Å². The molecule has 0 bridgehead atoms. The molecule has 0 amide bonds. The molecule has 162 valence electrons. The summed E-state index contributed by atoms with van der Waals surface area (Å²) in [6.45, 7) is 0. The van der Waals surface area contributed by atoms with E-state index < -0.39 is 18.3 Å². The summed E-state index contributed by atoms with van der Waals surface area (Å²) in [6, 6.07) is 0.511. The number of nitrogens with one attached hydrogen (secondary N) is 3. The van der Waals surface area contributed by atoms with Crippen LogP contribution in [-0.4, -0.2) is 45.7 Å². The first-order valence-electron chi connectivity index (χ1n) is 10.9. The molecule has 4 N–H and O–H groups in total. The second-order valence-electron chi connectivity index (χ2n) is 8.63. The number of hydrogen-bond acceptors (Lipinski definition) is 7. The Morgan fingerprint density at radius 1 is 1.13 bits per heavy atom. The highest BCUT2D eigenvalue weighted by atomic mass is 19.1. The standard InChI is InChI=1S/C21H28F2N6O/c22-15-5-2-6-16(23)18(15)27-21-26-17-11-24-20(25-12-3-1-4-12)28-19(17)29(21)13-7-9-14(30)10-8-13/h2,5,11-14,16,21,26-27,30H,1,3-4,6-10H2,(H,24,25,28)/t13-,14+,16?,21?. The summed E-state index contributed by atoms with van der Waals surface area (Å²) >= 11 is 0. The molecule has 4 aliphatic rings. The molecule has 2 atom stereocenters. The number of aromatic nitrogens is 2. The van der Waals surface area contributed by atoms with Gasteiger partial charge in [0, 0.05) is 18.5 Å². The minimum Gasteiger partial charge on any atom is -0.393 e. The molecule has 0 saturated heterocycles. The summed E-state index contributed by atoms with van der Waals surface area (Å²) in [7, 11) is 0. The first kappa shape index (κ1) is 19.5. The van der Waals surface area contributed by atoms with E-state index in [2.05, 4.69) is 25.8 Å². The van der Waals surface area contributed by atoms with Crippen LogP contribution in [0, 0.1) is 0 Å². The van der Waals surface area contributed by atoms with E-state index in [1.54, 1.807) is 6.20 Å². The molecule has 2 unspecified atom stereocenters. The van der Waals surface area contributed by atoms with Crippen molar-refractivity contribution < 1.29 is 13.9 Å². The van der Waals surface area contributed by atoms with Crippen LogP contribution in [-0.2, 0) is 0 Å². The van der Waals surface area contributed by atoms with E-state index in [9.17, 15) is 13.9 Å². The molecule has 30 heavy (non-hydrogen) atoms. The van der Waals surface area contributed by atoms with E-state index in [-0.39, 0.29) is 24.3 Å². The molecule has 2 heterocycles. The predicted octanol–water partition coefficient (Wildman–Crippen LogP) is 3.33. The van der Waals surface area contributed by atoms with Gasteiger partial charge in [-0.1, -0.05) is 6.08 Å². The van der Waals surface area contributed by atoms with Crippen LogP contribution in [0.1, 0.15) is 51.4 Å². The van der Waals surface area contributed by atoms with Crippen molar-refractivity contribution in [3.8, 4) is 0 Å². The topological polar surface area (TPSA) is 85.3 Å². The third-order valence-electron chi connectivity index (χ3n) is 6.55. The van der Waals surface area contributed by atoms with Crippen LogP contribution in [0.5, 0.6) is 0 Å². The summed E-state index contributed by atoms with van der Waals surface area (Å²) in [5.41, 5.74) is 0.699. The summed E-state index contributed by atoms with van der Waals surface area (Å²) < 4.78 is 28.8. The van der Waals surface area contributed by atoms with Crippen molar-refractivity contribution in [1.29, 1.82) is 0 Å². The zero-order valence-corrected chi connectivity index (χ0v) is 16.8. The minimum absolute atomic E-state index is 0.0376. The van der Waals surface area contributed by atoms with E-state index in [0.29, 0.717) is 24.8 Å². The average molecular weight is 418 g/mol. The third kappa shape index (κ3) is 3.71. The molecule has 7 nitrogen and oxygen atoms in total. The second-order valence-corrected chi connectivity index (χ2v) is 8.63. The average Bonchev–Trinajstić information content (AvgIpc) is 3.06. The van der Waals surface area contributed by atoms with E-state index in [0.717, 1.165) is 37.2 Å². The van der Waals surface area contributed by atoms with Gasteiger partial charge in [0.2, 0.25) is 5.95 Å². The van der Waals surface area contributed by atoms with E-state index in [4.69, 9.17) is 4.98 Å². The maximum Gasteiger partial charge on any atom is 0.224 e. The fourth-order valence-electron chi connectivity index (χ4n) is 4.60. The number of aliphatic hydroxyl groups excluding tert-OH is 1. The molecule has 5 rings (SSSR count). The maximum absolute atomic E-state index is 14.4. The van der Waals surface area contributed by atoms with Gasteiger partial charge in [0.1, 0.15) is 12.0 Å². The number of rotatable bonds is 5. The van der Waals surface area contributed by atoms with Crippen LogP contribution < -0.4 is 20.9 Å². The predicted molar refractivity (Wildman–Crippen MR) is 111 cm³/mol. The van der Waals surface area contributed by atoms with Gasteiger partial charge >= 0.3 is 0 Å². The van der Waals surface area contributed by atoms with Crippen molar-refractivity contribution in [3.63, 3.8) is 0 Å². The van der Waals surface area contributed by atoms with Gasteiger partial charge in [0.15, 0.2) is 12.1 Å². The van der Waals surface area contributed by atoms with E-state index >= 15 is 0 Å². The molecular weight excluding hydrogens is 390 g/mol. The van der Waals surface area contributed by atoms with Crippen LogP contribution in [0.4, 0.5) is 26.2 Å². The Morgan fingerprint density at radius 2 is 1.93 bits per heavy atom. The Hall–Kier alpha value is -2.42. The quantitative estimate of drug-likeness (QED) is 0.584. The van der Waals surface area contributed by atoms with Crippen molar-refractivity contribution >= 4 is 17.5 Å². The largest absolute Gasteiger partial charge is 0.393 e. The van der Waals surface area contributed by atoms with Crippen LogP contribution in [0.2, 0.25) is 0 Å². The molecule has 2 saturated carbocycles. The van der Waals surface area contributed by atoms with Gasteiger partial charge in [0.05, 0.1) is 23.7 Å². The molecule has 1 aromatic heterocycles. The summed E-state index contributed by atoms with van der Waals surface area (Å²) in [6.07, 6.45) is 8.90. The molecule has 0 radical (unpaired) electrons. The summed E-state index contributed by atoms with van der Waals surface area (Å²) in [5, 5.41) is 19.7. The Morgan fingerprint density at radius 3 is 2.63 bits per heavy atom. The number of nitrogens with zero attached hydrogens (tertiary/aromatic N) is 3. The lowest BCUT2D eigenvalue weighted by atomic mass is 9.92. The fourth-order valence-corrected chi connectivity index (χ4v) is 4.60. The van der Waals surface area contributed by atoms with Gasteiger partial charge in [-0.3, -0.25) is 0 Å². The lowest BCUT2D eigenvalue weighted by Gasteiger charge is -2.38. The maximum atomic E-state index is 14.4. The Balaban J connectivity index is 1.43. The van der Waals surface area contributed by atoms with Gasteiger partial charge in [-0.05, 0) is 51.0 Å². The Bertz CT molecular complexity index is 850. The van der Waals surface area contributed by atoms with Gasteiger partial charge in [-0.25, -0.2) is 13.8 Å². The normalized spacial score (nSPS) is 31.2. The van der Waals surface area contributed by atoms with Gasteiger partial charge in [-0.2, -0.15) is 4.98 Å². The van der Waals surface area contributed by atoms with Gasteiger partial charge in [0.25, 0.3) is 0 Å². The van der Waals surface area contributed by atoms with Crippen molar-refractivity contribution in [1.82, 2.24) is 15.3 Å². The SMILES string of the molecule is O[C@H]1CC[C@@H](N2c3nc(NC4CCC4)ncc3NC2NC2=C(F)C=CCC2F)CC1. The lowest BCUT2D eigenvalue weighted by Crippen LogP contribution is -2.53. The summed E-state index contributed by atoms with van der Waals surface area (Å²) in [4.78, 5) is 11.2.